The second-order valence-corrected chi connectivity index (χ2v) is 7.46. The van der Waals surface area contributed by atoms with Crippen molar-refractivity contribution in [2.75, 3.05) is 5.32 Å². The highest BCUT2D eigenvalue weighted by Crippen LogP contribution is 2.29. The predicted molar refractivity (Wildman–Crippen MR) is 98.9 cm³/mol. The van der Waals surface area contributed by atoms with Crippen LogP contribution in [-0.2, 0) is 9.59 Å². The fraction of sp³-hybridized carbons (Fsp3) is 0.526. The zero-order valence-electron chi connectivity index (χ0n) is 15.8. The summed E-state index contributed by atoms with van der Waals surface area (Å²) < 4.78 is 38.1. The van der Waals surface area contributed by atoms with E-state index in [4.69, 9.17) is 0 Å². The van der Waals surface area contributed by atoms with Crippen LogP contribution in [0.5, 0.6) is 0 Å². The molecule has 3 rings (SSSR count). The van der Waals surface area contributed by atoms with E-state index in [1.165, 1.54) is 0 Å². The Bertz CT molecular complexity index is 778. The van der Waals surface area contributed by atoms with E-state index < -0.39 is 36.0 Å². The van der Waals surface area contributed by atoms with Crippen LogP contribution in [0.4, 0.5) is 23.7 Å². The lowest BCUT2D eigenvalue weighted by Crippen LogP contribution is -2.54. The average molecular weight is 412 g/mol. The molecule has 0 spiro atoms. The molecule has 4 amide bonds. The highest BCUT2D eigenvalue weighted by Gasteiger charge is 2.46. The number of halogens is 3. The van der Waals surface area contributed by atoms with Crippen LogP contribution in [-0.4, -0.2) is 36.1 Å². The molecule has 3 atom stereocenters. The van der Waals surface area contributed by atoms with Gasteiger partial charge in [0.15, 0.2) is 0 Å². The molecule has 3 unspecified atom stereocenters. The van der Waals surface area contributed by atoms with E-state index in [-0.39, 0.29) is 24.9 Å². The molecule has 0 bridgehead atoms. The minimum absolute atomic E-state index is 0.159. The monoisotopic (exact) mass is 412 g/mol. The summed E-state index contributed by atoms with van der Waals surface area (Å²) in [6.45, 7) is 1.71. The van der Waals surface area contributed by atoms with Gasteiger partial charge < -0.3 is 21.3 Å². The summed E-state index contributed by atoms with van der Waals surface area (Å²) in [4.78, 5) is 36.0. The predicted octanol–water partition coefficient (Wildman–Crippen LogP) is 2.60. The standard InChI is InChI=1S/C19H23F3N4O3/c1-10(11-2-4-12(5-3-11)24-18(29)25-13-6-7-13)23-16(27)14-8-9-15(19(20,21)22)26-17(14)28/h2-5,10,13-15H,6-9H2,1H3,(H,23,27)(H,26,28)(H2,24,25,29). The van der Waals surface area contributed by atoms with Gasteiger partial charge >= 0.3 is 12.2 Å². The number of rotatable bonds is 5. The lowest BCUT2D eigenvalue weighted by molar-refractivity contribution is -0.171. The summed E-state index contributed by atoms with van der Waals surface area (Å²) in [7, 11) is 0. The third-order valence-electron chi connectivity index (χ3n) is 5.03. The van der Waals surface area contributed by atoms with E-state index in [1.54, 1.807) is 31.2 Å². The zero-order chi connectivity index (χ0) is 21.2. The number of carbonyl (C=O) groups is 3. The number of benzene rings is 1. The zero-order valence-corrected chi connectivity index (χ0v) is 15.8. The number of amides is 4. The topological polar surface area (TPSA) is 99.3 Å². The fourth-order valence-corrected chi connectivity index (χ4v) is 3.14. The van der Waals surface area contributed by atoms with Crippen molar-refractivity contribution in [1.82, 2.24) is 16.0 Å². The number of hydrogen-bond acceptors (Lipinski definition) is 3. The quantitative estimate of drug-likeness (QED) is 0.560. The summed E-state index contributed by atoms with van der Waals surface area (Å²) in [6, 6.07) is 4.42. The van der Waals surface area contributed by atoms with Crippen molar-refractivity contribution in [1.29, 1.82) is 0 Å². The van der Waals surface area contributed by atoms with Crippen LogP contribution in [0, 0.1) is 5.92 Å². The van der Waals surface area contributed by atoms with Crippen molar-refractivity contribution in [3.8, 4) is 0 Å². The molecule has 158 valence electrons. The average Bonchev–Trinajstić information content (AvgIpc) is 3.45. The van der Waals surface area contributed by atoms with E-state index in [0.29, 0.717) is 5.69 Å². The van der Waals surface area contributed by atoms with E-state index in [9.17, 15) is 27.6 Å². The molecule has 2 aliphatic rings. The largest absolute Gasteiger partial charge is 0.408 e. The highest BCUT2D eigenvalue weighted by atomic mass is 19.4. The van der Waals surface area contributed by atoms with Gasteiger partial charge in [-0.1, -0.05) is 12.1 Å². The summed E-state index contributed by atoms with van der Waals surface area (Å²) in [5, 5.41) is 10.1. The second-order valence-electron chi connectivity index (χ2n) is 7.46. The summed E-state index contributed by atoms with van der Waals surface area (Å²) in [5.74, 6) is -2.67. The minimum atomic E-state index is -4.52. The smallest absolute Gasteiger partial charge is 0.349 e. The molecule has 7 nitrogen and oxygen atoms in total. The first kappa shape index (κ1) is 20.9. The van der Waals surface area contributed by atoms with Gasteiger partial charge in [-0.15, -0.1) is 0 Å². The van der Waals surface area contributed by atoms with Gasteiger partial charge in [-0.2, -0.15) is 13.2 Å². The maximum absolute atomic E-state index is 12.7. The number of urea groups is 1. The molecule has 0 aromatic heterocycles. The van der Waals surface area contributed by atoms with Crippen molar-refractivity contribution in [2.45, 2.75) is 56.9 Å². The number of carbonyl (C=O) groups excluding carboxylic acids is 3. The third kappa shape index (κ3) is 5.61. The molecule has 1 saturated carbocycles. The Labute approximate surface area is 165 Å². The lowest BCUT2D eigenvalue weighted by atomic mass is 9.92. The Balaban J connectivity index is 1.51. The molecular weight excluding hydrogens is 389 g/mol. The Kier molecular flexibility index (Phi) is 5.99. The molecule has 0 radical (unpaired) electrons. The molecule has 4 N–H and O–H groups in total. The highest BCUT2D eigenvalue weighted by molar-refractivity contribution is 6.01. The van der Waals surface area contributed by atoms with Gasteiger partial charge in [0.2, 0.25) is 11.8 Å². The summed E-state index contributed by atoms with van der Waals surface area (Å²) >= 11 is 0. The number of nitrogens with one attached hydrogen (secondary N) is 4. The van der Waals surface area contributed by atoms with Crippen LogP contribution >= 0.6 is 0 Å². The van der Waals surface area contributed by atoms with E-state index >= 15 is 0 Å². The molecule has 1 aromatic carbocycles. The third-order valence-corrected chi connectivity index (χ3v) is 5.03. The molecule has 2 fully saturated rings. The van der Waals surface area contributed by atoms with Crippen LogP contribution in [0.3, 0.4) is 0 Å². The van der Waals surface area contributed by atoms with Crippen LogP contribution in [0.1, 0.15) is 44.2 Å². The van der Waals surface area contributed by atoms with E-state index in [2.05, 4.69) is 16.0 Å². The normalized spacial score (nSPS) is 23.0. The SMILES string of the molecule is CC(NC(=O)C1CCC(C(F)(F)F)NC1=O)c1ccc(NC(=O)NC2CC2)cc1. The van der Waals surface area contributed by atoms with Crippen molar-refractivity contribution in [3.05, 3.63) is 29.8 Å². The fourth-order valence-electron chi connectivity index (χ4n) is 3.14. The Morgan fingerprint density at radius 2 is 1.76 bits per heavy atom. The first-order valence-corrected chi connectivity index (χ1v) is 9.48. The molecule has 1 heterocycles. The van der Waals surface area contributed by atoms with Crippen molar-refractivity contribution >= 4 is 23.5 Å². The van der Waals surface area contributed by atoms with Gasteiger partial charge in [-0.3, -0.25) is 9.59 Å². The van der Waals surface area contributed by atoms with E-state index in [0.717, 1.165) is 18.4 Å². The Hall–Kier alpha value is -2.78. The Morgan fingerprint density at radius 3 is 2.31 bits per heavy atom. The molecule has 29 heavy (non-hydrogen) atoms. The number of piperidine rings is 1. The molecule has 1 saturated heterocycles. The van der Waals surface area contributed by atoms with Crippen molar-refractivity contribution in [2.24, 2.45) is 5.92 Å². The maximum Gasteiger partial charge on any atom is 0.408 e. The first-order valence-electron chi connectivity index (χ1n) is 9.48. The number of anilines is 1. The van der Waals surface area contributed by atoms with Crippen molar-refractivity contribution in [3.63, 3.8) is 0 Å². The van der Waals surface area contributed by atoms with Gasteiger partial charge in [-0.05, 0) is 50.3 Å². The van der Waals surface area contributed by atoms with Gasteiger partial charge in [0.25, 0.3) is 0 Å². The molecule has 1 aliphatic carbocycles. The number of alkyl halides is 3. The second kappa shape index (κ2) is 8.30. The van der Waals surface area contributed by atoms with Gasteiger partial charge in [0.1, 0.15) is 12.0 Å². The Morgan fingerprint density at radius 1 is 1.10 bits per heavy atom. The first-order chi connectivity index (χ1) is 13.6. The van der Waals surface area contributed by atoms with Crippen LogP contribution in [0.15, 0.2) is 24.3 Å². The van der Waals surface area contributed by atoms with Crippen LogP contribution < -0.4 is 21.3 Å². The van der Waals surface area contributed by atoms with Gasteiger partial charge in [0.05, 0.1) is 6.04 Å². The summed E-state index contributed by atoms with van der Waals surface area (Å²) in [6.07, 6.45) is -3.03. The van der Waals surface area contributed by atoms with Crippen molar-refractivity contribution < 1.29 is 27.6 Å². The van der Waals surface area contributed by atoms with Crippen LogP contribution in [0.2, 0.25) is 0 Å². The lowest BCUT2D eigenvalue weighted by Gasteiger charge is -2.30. The molecular formula is C19H23F3N4O3. The maximum atomic E-state index is 12.7. The molecule has 1 aliphatic heterocycles. The molecule has 1 aromatic rings. The van der Waals surface area contributed by atoms with Gasteiger partial charge in [0, 0.05) is 11.7 Å². The number of hydrogen-bond donors (Lipinski definition) is 4. The molecule has 10 heteroatoms. The van der Waals surface area contributed by atoms with E-state index in [1.807, 2.05) is 5.32 Å². The summed E-state index contributed by atoms with van der Waals surface area (Å²) in [5.41, 5.74) is 1.33. The van der Waals surface area contributed by atoms with Crippen LogP contribution in [0.25, 0.3) is 0 Å². The van der Waals surface area contributed by atoms with Gasteiger partial charge in [-0.25, -0.2) is 4.79 Å². The minimum Gasteiger partial charge on any atom is -0.349 e.